The van der Waals surface area contributed by atoms with Crippen molar-refractivity contribution in [2.45, 2.75) is 31.2 Å². The molecular formula is C18H23ClN4O. The van der Waals surface area contributed by atoms with Crippen LogP contribution in [0.25, 0.3) is 5.69 Å². The van der Waals surface area contributed by atoms with Gasteiger partial charge in [0.05, 0.1) is 11.3 Å². The fourth-order valence-corrected chi connectivity index (χ4v) is 3.65. The molecule has 128 valence electrons. The number of piperidine rings is 1. The summed E-state index contributed by atoms with van der Waals surface area (Å²) >= 11 is 0. The molecule has 1 amide bonds. The Morgan fingerprint density at radius 2 is 1.88 bits per heavy atom. The smallest absolute Gasteiger partial charge is 0.256 e. The Labute approximate surface area is 148 Å². The number of carbonyl (C=O) groups excluding carboxylic acids is 1. The van der Waals surface area contributed by atoms with Crippen LogP contribution in [0.1, 0.15) is 36.0 Å². The van der Waals surface area contributed by atoms with E-state index in [1.165, 1.54) is 0 Å². The van der Waals surface area contributed by atoms with Crippen LogP contribution in [0.4, 0.5) is 0 Å². The van der Waals surface area contributed by atoms with E-state index in [0.29, 0.717) is 11.5 Å². The van der Waals surface area contributed by atoms with Gasteiger partial charge >= 0.3 is 0 Å². The first-order valence-electron chi connectivity index (χ1n) is 8.35. The molecule has 2 aromatic rings. The monoisotopic (exact) mass is 346 g/mol. The Morgan fingerprint density at radius 1 is 1.17 bits per heavy atom. The lowest BCUT2D eigenvalue weighted by Crippen LogP contribution is -2.44. The van der Waals surface area contributed by atoms with E-state index >= 15 is 0 Å². The Bertz CT molecular complexity index is 704. The quantitative estimate of drug-likeness (QED) is 0.929. The molecule has 2 aliphatic rings. The molecule has 1 aromatic heterocycles. The topological polar surface area (TPSA) is 64.2 Å². The molecule has 2 fully saturated rings. The number of rotatable bonds is 3. The summed E-state index contributed by atoms with van der Waals surface area (Å²) in [5, 5.41) is 4.26. The maximum absolute atomic E-state index is 12.9. The molecule has 1 saturated heterocycles. The third kappa shape index (κ3) is 3.06. The number of aromatic nitrogens is 2. The van der Waals surface area contributed by atoms with Crippen LogP contribution in [0.2, 0.25) is 0 Å². The molecule has 0 radical (unpaired) electrons. The third-order valence-electron chi connectivity index (χ3n) is 5.31. The SMILES string of the molecule is Cl.NC1(C2CCN(C(=O)c3ccccc3-n3cccn3)CC2)CC1. The number of para-hydroxylation sites is 1. The molecular weight excluding hydrogens is 324 g/mol. The van der Waals surface area contributed by atoms with Gasteiger partial charge in [-0.2, -0.15) is 5.10 Å². The zero-order valence-corrected chi connectivity index (χ0v) is 14.4. The van der Waals surface area contributed by atoms with Crippen molar-refractivity contribution < 1.29 is 4.79 Å². The van der Waals surface area contributed by atoms with Gasteiger partial charge in [0, 0.05) is 31.0 Å². The highest BCUT2D eigenvalue weighted by Gasteiger charge is 2.46. The molecule has 5 nitrogen and oxygen atoms in total. The number of likely N-dealkylation sites (tertiary alicyclic amines) is 1. The van der Waals surface area contributed by atoms with Gasteiger partial charge in [-0.15, -0.1) is 12.4 Å². The normalized spacial score (nSPS) is 19.6. The minimum absolute atomic E-state index is 0. The van der Waals surface area contributed by atoms with Crippen molar-refractivity contribution in [3.05, 3.63) is 48.3 Å². The summed E-state index contributed by atoms with van der Waals surface area (Å²) < 4.78 is 1.75. The van der Waals surface area contributed by atoms with Crippen LogP contribution >= 0.6 is 12.4 Å². The van der Waals surface area contributed by atoms with Gasteiger partial charge in [-0.25, -0.2) is 4.68 Å². The largest absolute Gasteiger partial charge is 0.339 e. The number of benzene rings is 1. The van der Waals surface area contributed by atoms with Crippen LogP contribution in [0.5, 0.6) is 0 Å². The average molecular weight is 347 g/mol. The number of hydrogen-bond donors (Lipinski definition) is 1. The summed E-state index contributed by atoms with van der Waals surface area (Å²) in [6.07, 6.45) is 7.92. The number of amides is 1. The summed E-state index contributed by atoms with van der Waals surface area (Å²) in [6.45, 7) is 1.60. The number of hydrogen-bond acceptors (Lipinski definition) is 3. The van der Waals surface area contributed by atoms with Gasteiger partial charge < -0.3 is 10.6 Å². The highest BCUT2D eigenvalue weighted by Crippen LogP contribution is 2.44. The Kier molecular flexibility index (Phi) is 4.65. The Morgan fingerprint density at radius 3 is 2.50 bits per heavy atom. The molecule has 0 bridgehead atoms. The molecule has 2 N–H and O–H groups in total. The van der Waals surface area contributed by atoms with E-state index in [1.54, 1.807) is 10.9 Å². The Balaban J connectivity index is 0.00000169. The summed E-state index contributed by atoms with van der Waals surface area (Å²) in [7, 11) is 0. The first-order valence-corrected chi connectivity index (χ1v) is 8.35. The Hall–Kier alpha value is -1.85. The van der Waals surface area contributed by atoms with Crippen molar-refractivity contribution in [2.24, 2.45) is 11.7 Å². The molecule has 24 heavy (non-hydrogen) atoms. The molecule has 0 unspecified atom stereocenters. The average Bonchev–Trinajstić information content (AvgIpc) is 3.13. The fraction of sp³-hybridized carbons (Fsp3) is 0.444. The van der Waals surface area contributed by atoms with E-state index in [9.17, 15) is 4.79 Å². The van der Waals surface area contributed by atoms with E-state index in [2.05, 4.69) is 5.10 Å². The van der Waals surface area contributed by atoms with E-state index in [0.717, 1.165) is 44.5 Å². The molecule has 1 aromatic carbocycles. The molecule has 0 atom stereocenters. The summed E-state index contributed by atoms with van der Waals surface area (Å²) in [4.78, 5) is 14.9. The van der Waals surface area contributed by atoms with Crippen LogP contribution in [0, 0.1) is 5.92 Å². The fourth-order valence-electron chi connectivity index (χ4n) is 3.65. The molecule has 4 rings (SSSR count). The second-order valence-corrected chi connectivity index (χ2v) is 6.77. The van der Waals surface area contributed by atoms with E-state index < -0.39 is 0 Å². The van der Waals surface area contributed by atoms with E-state index in [1.807, 2.05) is 41.4 Å². The van der Waals surface area contributed by atoms with Crippen LogP contribution in [0.15, 0.2) is 42.7 Å². The van der Waals surface area contributed by atoms with Gasteiger partial charge in [-0.3, -0.25) is 4.79 Å². The molecule has 1 aliphatic heterocycles. The molecule has 0 spiro atoms. The summed E-state index contributed by atoms with van der Waals surface area (Å²) in [5.74, 6) is 0.671. The van der Waals surface area contributed by atoms with Crippen molar-refractivity contribution in [2.75, 3.05) is 13.1 Å². The predicted octanol–water partition coefficient (Wildman–Crippen LogP) is 2.64. The van der Waals surface area contributed by atoms with Crippen LogP contribution in [-0.4, -0.2) is 39.2 Å². The minimum Gasteiger partial charge on any atom is -0.339 e. The molecule has 2 heterocycles. The van der Waals surface area contributed by atoms with E-state index in [4.69, 9.17) is 5.73 Å². The number of halogens is 1. The first kappa shape index (κ1) is 17.0. The van der Waals surface area contributed by atoms with Crippen LogP contribution in [-0.2, 0) is 0 Å². The number of nitrogens with two attached hydrogens (primary N) is 1. The lowest BCUT2D eigenvalue weighted by Gasteiger charge is -2.35. The van der Waals surface area contributed by atoms with Gasteiger partial charge in [0.2, 0.25) is 0 Å². The van der Waals surface area contributed by atoms with Gasteiger partial charge in [0.15, 0.2) is 0 Å². The van der Waals surface area contributed by atoms with Gasteiger partial charge in [0.25, 0.3) is 5.91 Å². The second-order valence-electron chi connectivity index (χ2n) is 6.77. The van der Waals surface area contributed by atoms with Crippen molar-refractivity contribution in [1.82, 2.24) is 14.7 Å². The third-order valence-corrected chi connectivity index (χ3v) is 5.31. The molecule has 6 heteroatoms. The highest BCUT2D eigenvalue weighted by molar-refractivity contribution is 5.97. The van der Waals surface area contributed by atoms with Crippen molar-refractivity contribution in [1.29, 1.82) is 0 Å². The van der Waals surface area contributed by atoms with Crippen molar-refractivity contribution in [3.63, 3.8) is 0 Å². The zero-order chi connectivity index (χ0) is 15.9. The summed E-state index contributed by atoms with van der Waals surface area (Å²) in [5.41, 5.74) is 7.95. The maximum Gasteiger partial charge on any atom is 0.256 e. The highest BCUT2D eigenvalue weighted by atomic mass is 35.5. The predicted molar refractivity (Wildman–Crippen MR) is 95.6 cm³/mol. The number of carbonyl (C=O) groups is 1. The first-order chi connectivity index (χ1) is 11.2. The standard InChI is InChI=1S/C18H22N4O.ClH/c19-18(8-9-18)14-6-12-21(13-7-14)17(23)15-4-1-2-5-16(15)22-11-3-10-20-22;/h1-5,10-11,14H,6-9,12-13,19H2;1H. The van der Waals surface area contributed by atoms with Crippen LogP contribution in [0.3, 0.4) is 0 Å². The minimum atomic E-state index is 0. The van der Waals surface area contributed by atoms with Gasteiger partial charge in [-0.05, 0) is 49.8 Å². The second kappa shape index (κ2) is 6.57. The lowest BCUT2D eigenvalue weighted by molar-refractivity contribution is 0.0672. The number of nitrogens with zero attached hydrogens (tertiary/aromatic N) is 3. The van der Waals surface area contributed by atoms with Gasteiger partial charge in [-0.1, -0.05) is 12.1 Å². The summed E-state index contributed by atoms with van der Waals surface area (Å²) in [6, 6.07) is 9.53. The van der Waals surface area contributed by atoms with Crippen LogP contribution < -0.4 is 5.73 Å². The molecule has 1 saturated carbocycles. The lowest BCUT2D eigenvalue weighted by atomic mass is 9.87. The van der Waals surface area contributed by atoms with E-state index in [-0.39, 0.29) is 23.9 Å². The van der Waals surface area contributed by atoms with Crippen molar-refractivity contribution >= 4 is 18.3 Å². The molecule has 1 aliphatic carbocycles. The van der Waals surface area contributed by atoms with Gasteiger partial charge in [0.1, 0.15) is 0 Å². The zero-order valence-electron chi connectivity index (χ0n) is 13.6. The maximum atomic E-state index is 12.9. The van der Waals surface area contributed by atoms with Crippen molar-refractivity contribution in [3.8, 4) is 5.69 Å².